The number of ether oxygens (including phenoxy) is 1. The number of aliphatic carboxylic acids is 1. The zero-order valence-electron chi connectivity index (χ0n) is 19.1. The molecule has 0 aromatic heterocycles. The molecule has 0 aliphatic heterocycles. The number of nitriles is 1. The van der Waals surface area contributed by atoms with Crippen LogP contribution in [0.1, 0.15) is 46.1 Å². The van der Waals surface area contributed by atoms with E-state index in [0.29, 0.717) is 17.1 Å². The van der Waals surface area contributed by atoms with Crippen LogP contribution in [0, 0.1) is 33.5 Å². The Morgan fingerprint density at radius 1 is 1.09 bits per heavy atom. The van der Waals surface area contributed by atoms with Crippen LogP contribution in [0.15, 0.2) is 66.7 Å². The van der Waals surface area contributed by atoms with Crippen LogP contribution in [0.4, 0.5) is 0 Å². The molecule has 0 amide bonds. The van der Waals surface area contributed by atoms with Crippen molar-refractivity contribution in [3.63, 3.8) is 0 Å². The van der Waals surface area contributed by atoms with E-state index in [9.17, 15) is 20.0 Å². The fraction of sp³-hybridized carbons (Fsp3) is 0.370. The van der Waals surface area contributed by atoms with E-state index in [1.54, 1.807) is 30.3 Å². The largest absolute Gasteiger partial charge is 0.481 e. The Hall–Kier alpha value is -3.39. The summed E-state index contributed by atoms with van der Waals surface area (Å²) in [5, 5.41) is 20.4. The molecular weight excluding hydrogens is 402 g/mol. The number of benzene rings is 2. The van der Waals surface area contributed by atoms with Crippen molar-refractivity contribution in [1.82, 2.24) is 0 Å². The molecule has 5 heteroatoms. The molecule has 2 aromatic rings. The summed E-state index contributed by atoms with van der Waals surface area (Å²) in [6.07, 6.45) is 3.15. The fourth-order valence-electron chi connectivity index (χ4n) is 4.57. The monoisotopic (exact) mass is 431 g/mol. The normalized spacial score (nSPS) is 22.7. The number of carbonyl (C=O) groups excluding carboxylic acids is 1. The minimum absolute atomic E-state index is 0.0775. The van der Waals surface area contributed by atoms with Crippen LogP contribution >= 0.6 is 0 Å². The zero-order valence-corrected chi connectivity index (χ0v) is 19.1. The summed E-state index contributed by atoms with van der Waals surface area (Å²) in [7, 11) is 0. The molecule has 0 radical (unpaired) electrons. The van der Waals surface area contributed by atoms with Gasteiger partial charge in [-0.15, -0.1) is 0 Å². The van der Waals surface area contributed by atoms with Gasteiger partial charge in [0, 0.05) is 11.3 Å². The van der Waals surface area contributed by atoms with Gasteiger partial charge in [-0.05, 0) is 41.3 Å². The van der Waals surface area contributed by atoms with E-state index < -0.39 is 34.1 Å². The lowest BCUT2D eigenvalue weighted by atomic mass is 9.78. The van der Waals surface area contributed by atoms with Crippen LogP contribution in [-0.4, -0.2) is 16.9 Å². The standard InChI is InChI=1S/C27H29NO4/c1-25(2,3)23(29)15-14-22-26(4,5)27(22,24(30)31)21(17-28)18-10-9-13-20(16-18)32-19-11-7-6-8-12-19/h6-16,21-22H,1-5H3,(H,30,31)/t21?,22-,27+/m0/s1. The quantitative estimate of drug-likeness (QED) is 0.545. The average molecular weight is 432 g/mol. The molecule has 0 heterocycles. The molecule has 1 fully saturated rings. The summed E-state index contributed by atoms with van der Waals surface area (Å²) in [5.41, 5.74) is -2.03. The summed E-state index contributed by atoms with van der Waals surface area (Å²) in [6.45, 7) is 9.13. The van der Waals surface area contributed by atoms with Gasteiger partial charge in [-0.3, -0.25) is 9.59 Å². The van der Waals surface area contributed by atoms with Gasteiger partial charge in [0.25, 0.3) is 0 Å². The first-order valence-corrected chi connectivity index (χ1v) is 10.6. The molecule has 166 valence electrons. The van der Waals surface area contributed by atoms with Crippen molar-refractivity contribution in [2.75, 3.05) is 0 Å². The molecule has 0 spiro atoms. The molecule has 1 saturated carbocycles. The lowest BCUT2D eigenvalue weighted by Gasteiger charge is -2.22. The minimum Gasteiger partial charge on any atom is -0.481 e. The third kappa shape index (κ3) is 3.93. The highest BCUT2D eigenvalue weighted by Gasteiger charge is 2.78. The lowest BCUT2D eigenvalue weighted by Crippen LogP contribution is -2.28. The van der Waals surface area contributed by atoms with Crippen LogP contribution in [0.2, 0.25) is 0 Å². The van der Waals surface area contributed by atoms with Crippen LogP contribution in [0.25, 0.3) is 0 Å². The van der Waals surface area contributed by atoms with E-state index in [1.807, 2.05) is 65.0 Å². The smallest absolute Gasteiger partial charge is 0.312 e. The summed E-state index contributed by atoms with van der Waals surface area (Å²) in [5.74, 6) is -1.30. The SMILES string of the molecule is CC(C)(C)C(=O)C=C[C@H]1C(C)(C)[C@]1(C(=O)O)C(C#N)c1cccc(Oc2ccccc2)c1. The number of ketones is 1. The van der Waals surface area contributed by atoms with E-state index >= 15 is 0 Å². The van der Waals surface area contributed by atoms with Crippen molar-refractivity contribution in [3.8, 4) is 17.6 Å². The zero-order chi connectivity index (χ0) is 23.7. The molecule has 32 heavy (non-hydrogen) atoms. The van der Waals surface area contributed by atoms with E-state index in [0.717, 1.165) is 0 Å². The Balaban J connectivity index is 1.98. The first-order valence-electron chi connectivity index (χ1n) is 10.6. The van der Waals surface area contributed by atoms with Crippen molar-refractivity contribution >= 4 is 11.8 Å². The first-order chi connectivity index (χ1) is 15.0. The maximum atomic E-state index is 12.6. The molecule has 1 aliphatic rings. The number of para-hydroxylation sites is 1. The molecule has 3 atom stereocenters. The summed E-state index contributed by atoms with van der Waals surface area (Å²) < 4.78 is 5.89. The van der Waals surface area contributed by atoms with E-state index in [4.69, 9.17) is 4.74 Å². The second kappa shape index (κ2) is 8.27. The Morgan fingerprint density at radius 3 is 2.28 bits per heavy atom. The van der Waals surface area contributed by atoms with Gasteiger partial charge < -0.3 is 9.84 Å². The van der Waals surface area contributed by atoms with Crippen LogP contribution in [0.5, 0.6) is 11.5 Å². The van der Waals surface area contributed by atoms with Crippen molar-refractivity contribution in [2.45, 2.75) is 40.5 Å². The average Bonchev–Trinajstić information content (AvgIpc) is 3.22. The Labute approximate surface area is 189 Å². The fourth-order valence-corrected chi connectivity index (χ4v) is 4.57. The number of rotatable bonds is 7. The minimum atomic E-state index is -1.35. The van der Waals surface area contributed by atoms with Crippen molar-refractivity contribution in [3.05, 3.63) is 72.3 Å². The first kappa shape index (κ1) is 23.3. The highest BCUT2D eigenvalue weighted by atomic mass is 16.5. The van der Waals surface area contributed by atoms with Gasteiger partial charge in [0.1, 0.15) is 16.9 Å². The molecule has 5 nitrogen and oxygen atoms in total. The van der Waals surface area contributed by atoms with Crippen molar-refractivity contribution in [1.29, 1.82) is 5.26 Å². The van der Waals surface area contributed by atoms with Crippen LogP contribution < -0.4 is 4.74 Å². The van der Waals surface area contributed by atoms with Gasteiger partial charge in [-0.25, -0.2) is 0 Å². The molecule has 1 aliphatic carbocycles. The number of hydrogen-bond donors (Lipinski definition) is 1. The number of nitrogens with zero attached hydrogens (tertiary/aromatic N) is 1. The second-order valence-electron chi connectivity index (χ2n) is 9.90. The van der Waals surface area contributed by atoms with Gasteiger partial charge in [0.05, 0.1) is 12.0 Å². The Kier molecular flexibility index (Phi) is 6.02. The van der Waals surface area contributed by atoms with Gasteiger partial charge in [0.2, 0.25) is 0 Å². The summed E-state index contributed by atoms with van der Waals surface area (Å²) >= 11 is 0. The van der Waals surface area contributed by atoms with Gasteiger partial charge >= 0.3 is 5.97 Å². The van der Waals surface area contributed by atoms with Crippen LogP contribution in [-0.2, 0) is 9.59 Å². The third-order valence-corrected chi connectivity index (χ3v) is 6.54. The van der Waals surface area contributed by atoms with E-state index in [1.165, 1.54) is 6.08 Å². The maximum Gasteiger partial charge on any atom is 0.312 e. The number of hydrogen-bond acceptors (Lipinski definition) is 4. The number of carboxylic acid groups (broad SMARTS) is 1. The number of carbonyl (C=O) groups is 2. The van der Waals surface area contributed by atoms with E-state index in [2.05, 4.69) is 6.07 Å². The number of allylic oxidation sites excluding steroid dienone is 2. The Bertz CT molecular complexity index is 1090. The molecule has 1 N–H and O–H groups in total. The maximum absolute atomic E-state index is 12.6. The van der Waals surface area contributed by atoms with Crippen molar-refractivity contribution in [2.24, 2.45) is 22.2 Å². The molecule has 1 unspecified atom stereocenters. The second-order valence-corrected chi connectivity index (χ2v) is 9.90. The lowest BCUT2D eigenvalue weighted by molar-refractivity contribution is -0.145. The summed E-state index contributed by atoms with van der Waals surface area (Å²) in [6, 6.07) is 18.5. The molecule has 3 rings (SSSR count). The highest BCUT2D eigenvalue weighted by Crippen LogP contribution is 2.75. The molecule has 2 aromatic carbocycles. The molecule has 0 bridgehead atoms. The van der Waals surface area contributed by atoms with Crippen molar-refractivity contribution < 1.29 is 19.4 Å². The molecule has 0 saturated heterocycles. The predicted octanol–water partition coefficient (Wildman–Crippen LogP) is 5.98. The summed E-state index contributed by atoms with van der Waals surface area (Å²) in [4.78, 5) is 25.0. The van der Waals surface area contributed by atoms with E-state index in [-0.39, 0.29) is 5.78 Å². The van der Waals surface area contributed by atoms with Gasteiger partial charge in [-0.1, -0.05) is 71.0 Å². The van der Waals surface area contributed by atoms with Gasteiger partial charge in [-0.2, -0.15) is 5.26 Å². The highest BCUT2D eigenvalue weighted by molar-refractivity contribution is 5.94. The third-order valence-electron chi connectivity index (χ3n) is 6.54. The molecular formula is C27H29NO4. The predicted molar refractivity (Wildman–Crippen MR) is 122 cm³/mol. The van der Waals surface area contributed by atoms with Gasteiger partial charge in [0.15, 0.2) is 5.78 Å². The van der Waals surface area contributed by atoms with Crippen LogP contribution in [0.3, 0.4) is 0 Å². The topological polar surface area (TPSA) is 87.4 Å². The Morgan fingerprint density at radius 2 is 1.72 bits per heavy atom. The number of carboxylic acids is 1.